The van der Waals surface area contributed by atoms with Gasteiger partial charge in [-0.3, -0.25) is 19.3 Å². The lowest BCUT2D eigenvalue weighted by Gasteiger charge is -2.16. The average Bonchev–Trinajstić information content (AvgIpc) is 3.42. The third-order valence-corrected chi connectivity index (χ3v) is 5.42. The van der Waals surface area contributed by atoms with Crippen LogP contribution in [0.4, 0.5) is 0 Å². The van der Waals surface area contributed by atoms with E-state index in [1.54, 1.807) is 31.2 Å². The standard InChI is InChI=1S/C22H25N5O3/c1-26-13-16(12-24-26)22(29)27-9-7-15(14-27)20-11-18(21(28)23-8-10-30-2)17-5-3-4-6-19(17)25-20/h3-6,11-13,15H,7-10,14H2,1-2H3,(H,23,28)/t15-/m1/s1. The number of amides is 2. The molecule has 1 aromatic carbocycles. The van der Waals surface area contributed by atoms with Crippen molar-refractivity contribution >= 4 is 22.7 Å². The van der Waals surface area contributed by atoms with Gasteiger partial charge in [0.2, 0.25) is 0 Å². The molecule has 0 spiro atoms. The summed E-state index contributed by atoms with van der Waals surface area (Å²) < 4.78 is 6.65. The number of ether oxygens (including phenoxy) is 1. The molecule has 1 fully saturated rings. The Hall–Kier alpha value is -3.26. The van der Waals surface area contributed by atoms with Crippen LogP contribution in [-0.4, -0.2) is 64.8 Å². The normalized spacial score (nSPS) is 16.2. The number of para-hydroxylation sites is 1. The number of nitrogens with one attached hydrogen (secondary N) is 1. The Balaban J connectivity index is 1.58. The molecular formula is C22H25N5O3. The van der Waals surface area contributed by atoms with E-state index >= 15 is 0 Å². The number of nitrogens with zero attached hydrogens (tertiary/aromatic N) is 4. The van der Waals surface area contributed by atoms with Gasteiger partial charge in [0.25, 0.3) is 11.8 Å². The maximum Gasteiger partial charge on any atom is 0.257 e. The fourth-order valence-electron chi connectivity index (χ4n) is 3.86. The van der Waals surface area contributed by atoms with Crippen LogP contribution in [0.25, 0.3) is 10.9 Å². The van der Waals surface area contributed by atoms with Gasteiger partial charge in [0.05, 0.1) is 29.4 Å². The second kappa shape index (κ2) is 8.62. The Morgan fingerprint density at radius 3 is 2.90 bits per heavy atom. The summed E-state index contributed by atoms with van der Waals surface area (Å²) >= 11 is 0. The van der Waals surface area contributed by atoms with Crippen LogP contribution in [0.3, 0.4) is 0 Å². The van der Waals surface area contributed by atoms with E-state index in [-0.39, 0.29) is 17.7 Å². The van der Waals surface area contributed by atoms with Crippen molar-refractivity contribution in [3.05, 3.63) is 59.5 Å². The third-order valence-electron chi connectivity index (χ3n) is 5.42. The molecule has 1 saturated heterocycles. The Kier molecular flexibility index (Phi) is 5.76. The van der Waals surface area contributed by atoms with Crippen LogP contribution in [0, 0.1) is 0 Å². The molecule has 8 nitrogen and oxygen atoms in total. The molecule has 30 heavy (non-hydrogen) atoms. The van der Waals surface area contributed by atoms with Gasteiger partial charge in [-0.1, -0.05) is 18.2 Å². The first-order valence-corrected chi connectivity index (χ1v) is 10.0. The SMILES string of the molecule is COCCNC(=O)c1cc([C@@H]2CCN(C(=O)c3cnn(C)c3)C2)nc2ccccc12. The Labute approximate surface area is 174 Å². The number of methoxy groups -OCH3 is 1. The number of pyridine rings is 1. The van der Waals surface area contributed by atoms with E-state index in [2.05, 4.69) is 10.4 Å². The topological polar surface area (TPSA) is 89.4 Å². The second-order valence-corrected chi connectivity index (χ2v) is 7.50. The minimum absolute atomic E-state index is 0.0241. The van der Waals surface area contributed by atoms with E-state index in [1.807, 2.05) is 35.2 Å². The molecule has 1 N–H and O–H groups in total. The zero-order valence-corrected chi connectivity index (χ0v) is 17.2. The minimum atomic E-state index is -0.145. The van der Waals surface area contributed by atoms with Gasteiger partial charge in [0, 0.05) is 57.0 Å². The van der Waals surface area contributed by atoms with Crippen molar-refractivity contribution in [1.82, 2.24) is 25.0 Å². The van der Waals surface area contributed by atoms with E-state index in [0.717, 1.165) is 23.0 Å². The molecule has 1 aliphatic heterocycles. The van der Waals surface area contributed by atoms with Crippen molar-refractivity contribution in [1.29, 1.82) is 0 Å². The van der Waals surface area contributed by atoms with E-state index in [0.29, 0.717) is 37.4 Å². The lowest BCUT2D eigenvalue weighted by molar-refractivity contribution is 0.0790. The van der Waals surface area contributed by atoms with Crippen LogP contribution >= 0.6 is 0 Å². The highest BCUT2D eigenvalue weighted by atomic mass is 16.5. The predicted molar refractivity (Wildman–Crippen MR) is 112 cm³/mol. The molecule has 0 radical (unpaired) electrons. The highest BCUT2D eigenvalue weighted by Crippen LogP contribution is 2.30. The second-order valence-electron chi connectivity index (χ2n) is 7.50. The van der Waals surface area contributed by atoms with Crippen molar-refractivity contribution in [2.45, 2.75) is 12.3 Å². The summed E-state index contributed by atoms with van der Waals surface area (Å²) in [5.74, 6) is -0.0853. The highest BCUT2D eigenvalue weighted by molar-refractivity contribution is 6.06. The fraction of sp³-hybridized carbons (Fsp3) is 0.364. The summed E-state index contributed by atoms with van der Waals surface area (Å²) in [5.41, 5.74) is 2.81. The van der Waals surface area contributed by atoms with Crippen molar-refractivity contribution in [2.24, 2.45) is 7.05 Å². The van der Waals surface area contributed by atoms with E-state index in [4.69, 9.17) is 9.72 Å². The summed E-state index contributed by atoms with van der Waals surface area (Å²) in [6.07, 6.45) is 4.13. The highest BCUT2D eigenvalue weighted by Gasteiger charge is 2.30. The Morgan fingerprint density at radius 1 is 1.30 bits per heavy atom. The lowest BCUT2D eigenvalue weighted by Crippen LogP contribution is -2.28. The first-order valence-electron chi connectivity index (χ1n) is 10.0. The van der Waals surface area contributed by atoms with Gasteiger partial charge in [-0.05, 0) is 18.6 Å². The molecule has 0 saturated carbocycles. The molecule has 4 rings (SSSR count). The Bertz CT molecular complexity index is 1080. The van der Waals surface area contributed by atoms with Crippen molar-refractivity contribution in [3.63, 3.8) is 0 Å². The number of carbonyl (C=O) groups is 2. The molecule has 3 heterocycles. The number of rotatable bonds is 6. The van der Waals surface area contributed by atoms with Crippen LogP contribution in [0.5, 0.6) is 0 Å². The number of aryl methyl sites for hydroxylation is 1. The van der Waals surface area contributed by atoms with Gasteiger partial charge in [-0.15, -0.1) is 0 Å². The number of aromatic nitrogens is 3. The molecule has 2 aromatic heterocycles. The van der Waals surface area contributed by atoms with Crippen LogP contribution in [-0.2, 0) is 11.8 Å². The molecule has 0 bridgehead atoms. The van der Waals surface area contributed by atoms with Crippen LogP contribution in [0.1, 0.15) is 38.7 Å². The number of fused-ring (bicyclic) bond motifs is 1. The molecular weight excluding hydrogens is 382 g/mol. The molecule has 156 valence electrons. The van der Waals surface area contributed by atoms with Crippen LogP contribution in [0.15, 0.2) is 42.7 Å². The van der Waals surface area contributed by atoms with Crippen molar-refractivity contribution < 1.29 is 14.3 Å². The van der Waals surface area contributed by atoms with Crippen molar-refractivity contribution in [3.8, 4) is 0 Å². The summed E-state index contributed by atoms with van der Waals surface area (Å²) in [5, 5.41) is 7.80. The molecule has 1 atom stereocenters. The van der Waals surface area contributed by atoms with Gasteiger partial charge in [-0.2, -0.15) is 5.10 Å². The number of hydrogen-bond donors (Lipinski definition) is 1. The summed E-state index contributed by atoms with van der Waals surface area (Å²) in [6, 6.07) is 9.51. The first kappa shape index (κ1) is 20.0. The minimum Gasteiger partial charge on any atom is -0.383 e. The largest absolute Gasteiger partial charge is 0.383 e. The van der Waals surface area contributed by atoms with Crippen LogP contribution < -0.4 is 5.32 Å². The average molecular weight is 407 g/mol. The maximum absolute atomic E-state index is 12.8. The monoisotopic (exact) mass is 407 g/mol. The molecule has 0 aliphatic carbocycles. The molecule has 3 aromatic rings. The molecule has 1 aliphatic rings. The third kappa shape index (κ3) is 4.04. The van der Waals surface area contributed by atoms with E-state index in [1.165, 1.54) is 0 Å². The van der Waals surface area contributed by atoms with Gasteiger partial charge in [0.15, 0.2) is 0 Å². The smallest absolute Gasteiger partial charge is 0.257 e. The summed E-state index contributed by atoms with van der Waals surface area (Å²) in [6.45, 7) is 2.12. The molecule has 8 heteroatoms. The van der Waals surface area contributed by atoms with Gasteiger partial charge in [0.1, 0.15) is 0 Å². The molecule has 0 unspecified atom stereocenters. The number of likely N-dealkylation sites (tertiary alicyclic amines) is 1. The lowest BCUT2D eigenvalue weighted by atomic mass is 9.99. The number of carbonyl (C=O) groups excluding carboxylic acids is 2. The zero-order chi connectivity index (χ0) is 21.1. The van der Waals surface area contributed by atoms with E-state index in [9.17, 15) is 9.59 Å². The summed E-state index contributed by atoms with van der Waals surface area (Å²) in [7, 11) is 3.40. The van der Waals surface area contributed by atoms with Gasteiger partial charge < -0.3 is 15.0 Å². The Morgan fingerprint density at radius 2 is 2.13 bits per heavy atom. The predicted octanol–water partition coefficient (Wildman–Crippen LogP) is 1.97. The van der Waals surface area contributed by atoms with Gasteiger partial charge >= 0.3 is 0 Å². The van der Waals surface area contributed by atoms with Crippen LogP contribution in [0.2, 0.25) is 0 Å². The van der Waals surface area contributed by atoms with Gasteiger partial charge in [-0.25, -0.2) is 0 Å². The summed E-state index contributed by atoms with van der Waals surface area (Å²) in [4.78, 5) is 32.2. The number of benzene rings is 1. The maximum atomic E-state index is 12.8. The zero-order valence-electron chi connectivity index (χ0n) is 17.2. The van der Waals surface area contributed by atoms with Crippen molar-refractivity contribution in [2.75, 3.05) is 33.4 Å². The molecule has 2 amide bonds. The first-order chi connectivity index (χ1) is 14.6. The quantitative estimate of drug-likeness (QED) is 0.631. The fourth-order valence-corrected chi connectivity index (χ4v) is 3.86. The van der Waals surface area contributed by atoms with E-state index < -0.39 is 0 Å². The number of hydrogen-bond acceptors (Lipinski definition) is 5.